The van der Waals surface area contributed by atoms with Gasteiger partial charge < -0.3 is 15.1 Å². The lowest BCUT2D eigenvalue weighted by molar-refractivity contribution is -0.941. The summed E-state index contributed by atoms with van der Waals surface area (Å²) in [6, 6.07) is 9.00. The molecule has 1 heterocycles. The molecule has 0 bridgehead atoms. The van der Waals surface area contributed by atoms with E-state index in [0.717, 1.165) is 24.3 Å². The summed E-state index contributed by atoms with van der Waals surface area (Å²) in [5.74, 6) is 0.452. The van der Waals surface area contributed by atoms with Gasteiger partial charge in [0.05, 0.1) is 36.7 Å². The third-order valence-electron chi connectivity index (χ3n) is 5.42. The fraction of sp³-hybridized carbons (Fsp3) is 0.650. The van der Waals surface area contributed by atoms with Crippen LogP contribution in [0.15, 0.2) is 24.3 Å². The summed E-state index contributed by atoms with van der Waals surface area (Å²) in [5.41, 5.74) is 2.10. The number of hydrogen-bond acceptors (Lipinski definition) is 3. The van der Waals surface area contributed by atoms with Crippen LogP contribution in [0.2, 0.25) is 0 Å². The van der Waals surface area contributed by atoms with Crippen molar-refractivity contribution in [3.63, 3.8) is 0 Å². The molecule has 0 unspecified atom stereocenters. The lowest BCUT2D eigenvalue weighted by Gasteiger charge is -2.34. The first-order chi connectivity index (χ1) is 12.6. The number of aryl methyl sites for hydroxylation is 1. The molecule has 1 saturated heterocycles. The molecule has 1 aromatic carbocycles. The maximum absolute atomic E-state index is 12.0. The number of nitrogens with zero attached hydrogens (tertiary/aromatic N) is 1. The van der Waals surface area contributed by atoms with E-state index in [9.17, 15) is 8.42 Å². The molecule has 152 valence electrons. The van der Waals surface area contributed by atoms with Crippen LogP contribution < -0.4 is 10.2 Å². The van der Waals surface area contributed by atoms with Crippen LogP contribution in [0.1, 0.15) is 39.7 Å². The number of sulfone groups is 1. The minimum absolute atomic E-state index is 0.0420. The maximum Gasteiger partial charge on any atom is 0.173 e. The van der Waals surface area contributed by atoms with E-state index in [2.05, 4.69) is 37.9 Å². The zero-order valence-electron chi connectivity index (χ0n) is 17.2. The van der Waals surface area contributed by atoms with Gasteiger partial charge in [0.2, 0.25) is 0 Å². The molecule has 5 nitrogen and oxygen atoms in total. The van der Waals surface area contributed by atoms with E-state index in [1.165, 1.54) is 4.90 Å². The lowest BCUT2D eigenvalue weighted by Crippen LogP contribution is -3.18. The first-order valence-electron chi connectivity index (χ1n) is 9.80. The van der Waals surface area contributed by atoms with Gasteiger partial charge in [0.25, 0.3) is 0 Å². The molecular formula is C20H34N3O2S2+. The van der Waals surface area contributed by atoms with Crippen molar-refractivity contribution in [1.29, 1.82) is 0 Å². The largest absolute Gasteiger partial charge is 0.339 e. The van der Waals surface area contributed by atoms with E-state index >= 15 is 0 Å². The summed E-state index contributed by atoms with van der Waals surface area (Å²) in [5, 5.41) is 3.97. The van der Waals surface area contributed by atoms with Crippen molar-refractivity contribution in [2.75, 3.05) is 29.9 Å². The summed E-state index contributed by atoms with van der Waals surface area (Å²) in [7, 11) is -2.96. The normalized spacial score (nSPS) is 19.0. The Balaban J connectivity index is 2.16. The highest BCUT2D eigenvalue weighted by Crippen LogP contribution is 2.20. The molecule has 0 amide bonds. The average molecular weight is 413 g/mol. The Labute approximate surface area is 170 Å². The molecule has 27 heavy (non-hydrogen) atoms. The predicted molar refractivity (Wildman–Crippen MR) is 117 cm³/mol. The van der Waals surface area contributed by atoms with Crippen molar-refractivity contribution >= 4 is 32.9 Å². The number of hydrogen-bond donors (Lipinski definition) is 2. The van der Waals surface area contributed by atoms with Gasteiger partial charge in [-0.25, -0.2) is 8.42 Å². The molecule has 0 aliphatic carbocycles. The average Bonchev–Trinajstić information content (AvgIpc) is 2.92. The number of para-hydroxylation sites is 1. The van der Waals surface area contributed by atoms with Crippen LogP contribution in [-0.2, 0) is 9.84 Å². The Morgan fingerprint density at radius 3 is 2.41 bits per heavy atom. The first kappa shape index (κ1) is 22.1. The van der Waals surface area contributed by atoms with Gasteiger partial charge in [-0.3, -0.25) is 0 Å². The topological polar surface area (TPSA) is 53.9 Å². The van der Waals surface area contributed by atoms with Crippen LogP contribution in [0.25, 0.3) is 0 Å². The Hall–Kier alpha value is -1.18. The number of benzene rings is 1. The van der Waals surface area contributed by atoms with Gasteiger partial charge in [-0.1, -0.05) is 18.2 Å². The van der Waals surface area contributed by atoms with E-state index < -0.39 is 9.84 Å². The lowest BCUT2D eigenvalue weighted by atomic mass is 10.2. The molecule has 2 N–H and O–H groups in total. The van der Waals surface area contributed by atoms with Crippen LogP contribution >= 0.6 is 12.2 Å². The predicted octanol–water partition coefficient (Wildman–Crippen LogP) is 1.88. The second-order valence-corrected chi connectivity index (χ2v) is 10.7. The summed E-state index contributed by atoms with van der Waals surface area (Å²) in [4.78, 5) is 3.61. The van der Waals surface area contributed by atoms with Gasteiger partial charge in [-0.05, 0) is 64.9 Å². The first-order valence-corrected chi connectivity index (χ1v) is 12.0. The SMILES string of the molecule is Cc1ccccc1NC(=S)N(CC[NH+](C(C)C)C(C)C)[C@@H]1CCS(=O)(=O)C1. The van der Waals surface area contributed by atoms with Crippen molar-refractivity contribution in [2.45, 2.75) is 59.2 Å². The molecular weight excluding hydrogens is 378 g/mol. The second kappa shape index (κ2) is 9.34. The number of thiocarbonyl (C=S) groups is 1. The molecule has 0 radical (unpaired) electrons. The van der Waals surface area contributed by atoms with Crippen LogP contribution in [0.5, 0.6) is 0 Å². The van der Waals surface area contributed by atoms with Gasteiger partial charge in [0.1, 0.15) is 0 Å². The summed E-state index contributed by atoms with van der Waals surface area (Å²) in [6.45, 7) is 12.6. The highest BCUT2D eigenvalue weighted by molar-refractivity contribution is 7.91. The summed E-state index contributed by atoms with van der Waals surface area (Å²) < 4.78 is 24.1. The standard InChI is InChI=1S/C20H33N3O2S2/c1-15(2)22(16(3)4)11-12-23(18-10-13-27(24,25)14-18)20(26)21-19-9-7-6-8-17(19)5/h6-9,15-16,18H,10-14H2,1-5H3,(H,21,26)/p+1/t18-/m1/s1. The van der Waals surface area contributed by atoms with Gasteiger partial charge in [0.15, 0.2) is 14.9 Å². The third-order valence-corrected chi connectivity index (χ3v) is 7.51. The Morgan fingerprint density at radius 2 is 1.89 bits per heavy atom. The Kier molecular flexibility index (Phi) is 7.65. The van der Waals surface area contributed by atoms with Crippen LogP contribution in [0.4, 0.5) is 5.69 Å². The molecule has 1 aromatic rings. The van der Waals surface area contributed by atoms with Crippen molar-refractivity contribution < 1.29 is 13.3 Å². The number of nitrogens with one attached hydrogen (secondary N) is 2. The molecule has 1 fully saturated rings. The van der Waals surface area contributed by atoms with Gasteiger partial charge in [-0.2, -0.15) is 0 Å². The Bertz CT molecular complexity index is 739. The Morgan fingerprint density at radius 1 is 1.26 bits per heavy atom. The molecule has 0 spiro atoms. The maximum atomic E-state index is 12.0. The highest BCUT2D eigenvalue weighted by Gasteiger charge is 2.34. The number of rotatable bonds is 7. The second-order valence-electron chi connectivity index (χ2n) is 8.13. The molecule has 1 aliphatic heterocycles. The fourth-order valence-electron chi connectivity index (χ4n) is 3.86. The van der Waals surface area contributed by atoms with Gasteiger partial charge in [-0.15, -0.1) is 0 Å². The molecule has 1 atom stereocenters. The molecule has 7 heteroatoms. The molecule has 2 rings (SSSR count). The van der Waals surface area contributed by atoms with Crippen molar-refractivity contribution in [3.8, 4) is 0 Å². The summed E-state index contributed by atoms with van der Waals surface area (Å²) in [6.07, 6.45) is 0.649. The van der Waals surface area contributed by atoms with E-state index in [-0.39, 0.29) is 17.5 Å². The quantitative estimate of drug-likeness (QED) is 0.670. The van der Waals surface area contributed by atoms with Crippen LogP contribution in [0, 0.1) is 6.92 Å². The van der Waals surface area contributed by atoms with Gasteiger partial charge >= 0.3 is 0 Å². The molecule has 0 aromatic heterocycles. The fourth-order valence-corrected chi connectivity index (χ4v) is 5.95. The minimum atomic E-state index is -2.96. The van der Waals surface area contributed by atoms with Crippen LogP contribution in [-0.4, -0.2) is 61.2 Å². The molecule has 1 aliphatic rings. The van der Waals surface area contributed by atoms with E-state index in [4.69, 9.17) is 12.2 Å². The molecule has 0 saturated carbocycles. The number of quaternary nitrogens is 1. The van der Waals surface area contributed by atoms with E-state index in [1.807, 2.05) is 31.2 Å². The monoisotopic (exact) mass is 412 g/mol. The van der Waals surface area contributed by atoms with Crippen molar-refractivity contribution in [2.24, 2.45) is 0 Å². The van der Waals surface area contributed by atoms with Gasteiger partial charge in [0, 0.05) is 11.7 Å². The smallest absolute Gasteiger partial charge is 0.173 e. The zero-order valence-corrected chi connectivity index (χ0v) is 18.8. The highest BCUT2D eigenvalue weighted by atomic mass is 32.2. The van der Waals surface area contributed by atoms with E-state index in [1.54, 1.807) is 0 Å². The zero-order chi connectivity index (χ0) is 20.2. The van der Waals surface area contributed by atoms with E-state index in [0.29, 0.717) is 23.6 Å². The van der Waals surface area contributed by atoms with Crippen molar-refractivity contribution in [3.05, 3.63) is 29.8 Å². The van der Waals surface area contributed by atoms with Crippen molar-refractivity contribution in [1.82, 2.24) is 4.90 Å². The number of anilines is 1. The minimum Gasteiger partial charge on any atom is -0.339 e. The summed E-state index contributed by atoms with van der Waals surface area (Å²) >= 11 is 5.72. The van der Waals surface area contributed by atoms with Crippen LogP contribution in [0.3, 0.4) is 0 Å². The third kappa shape index (κ3) is 6.16.